The van der Waals surface area contributed by atoms with Crippen molar-refractivity contribution in [3.63, 3.8) is 0 Å². The van der Waals surface area contributed by atoms with E-state index in [0.29, 0.717) is 23.2 Å². The van der Waals surface area contributed by atoms with E-state index in [9.17, 15) is 5.11 Å². The summed E-state index contributed by atoms with van der Waals surface area (Å²) in [5, 5.41) is 25.8. The molecule has 2 saturated heterocycles. The van der Waals surface area contributed by atoms with E-state index < -0.39 is 0 Å². The molecule has 1 atom stereocenters. The molecule has 3 aromatic rings. The number of nitrogens with one attached hydrogen (secondary N) is 1. The highest BCUT2D eigenvalue weighted by Gasteiger charge is 2.31. The van der Waals surface area contributed by atoms with Gasteiger partial charge in [0.2, 0.25) is 5.95 Å². The third kappa shape index (κ3) is 3.02. The number of fused-ring (bicyclic) bond motifs is 1. The average molecular weight is 363 g/mol. The van der Waals surface area contributed by atoms with Crippen LogP contribution in [0, 0.1) is 0 Å². The fraction of sp³-hybridized carbons (Fsp3) is 0.368. The van der Waals surface area contributed by atoms with Crippen molar-refractivity contribution < 1.29 is 5.11 Å². The second kappa shape index (κ2) is 6.62. The van der Waals surface area contributed by atoms with E-state index in [1.807, 2.05) is 12.1 Å². The number of piperazine rings is 1. The van der Waals surface area contributed by atoms with Gasteiger partial charge >= 0.3 is 0 Å². The maximum atomic E-state index is 10.4. The number of nitrogens with zero attached hydrogens (tertiary/aromatic N) is 6. The van der Waals surface area contributed by atoms with Crippen LogP contribution in [0.5, 0.6) is 5.75 Å². The van der Waals surface area contributed by atoms with Crippen LogP contribution in [0.15, 0.2) is 36.8 Å². The summed E-state index contributed by atoms with van der Waals surface area (Å²) in [6, 6.07) is 6.08. The fourth-order valence-corrected chi connectivity index (χ4v) is 4.05. The van der Waals surface area contributed by atoms with Gasteiger partial charge in [-0.1, -0.05) is 6.07 Å². The van der Waals surface area contributed by atoms with E-state index in [1.165, 1.54) is 19.4 Å². The molecule has 5 rings (SSSR count). The van der Waals surface area contributed by atoms with Crippen molar-refractivity contribution in [3.05, 3.63) is 36.8 Å². The number of hydrogen-bond donors (Lipinski definition) is 2. The van der Waals surface area contributed by atoms with E-state index in [0.717, 1.165) is 30.8 Å². The second-order valence-corrected chi connectivity index (χ2v) is 7.14. The van der Waals surface area contributed by atoms with Crippen LogP contribution in [-0.4, -0.2) is 67.6 Å². The average Bonchev–Trinajstić information content (AvgIpc) is 3.39. The van der Waals surface area contributed by atoms with Crippen molar-refractivity contribution in [2.24, 2.45) is 0 Å². The van der Waals surface area contributed by atoms with Gasteiger partial charge in [-0.25, -0.2) is 4.98 Å². The molecule has 1 unspecified atom stereocenters. The zero-order valence-electron chi connectivity index (χ0n) is 14.9. The Morgan fingerprint density at radius 2 is 2.04 bits per heavy atom. The number of H-pyrrole nitrogens is 1. The van der Waals surface area contributed by atoms with Gasteiger partial charge in [-0.2, -0.15) is 5.10 Å². The van der Waals surface area contributed by atoms with Gasteiger partial charge in [0, 0.05) is 43.0 Å². The van der Waals surface area contributed by atoms with Gasteiger partial charge in [0.05, 0.1) is 12.4 Å². The van der Waals surface area contributed by atoms with Crippen molar-refractivity contribution in [1.29, 1.82) is 0 Å². The highest BCUT2D eigenvalue weighted by atomic mass is 16.3. The number of aromatic amines is 1. The topological polar surface area (TPSA) is 94.1 Å². The smallest absolute Gasteiger partial charge is 0.245 e. The minimum atomic E-state index is 0.150. The van der Waals surface area contributed by atoms with Crippen LogP contribution in [0.3, 0.4) is 0 Å². The van der Waals surface area contributed by atoms with E-state index >= 15 is 0 Å². The molecular formula is C19H21N7O. The molecular weight excluding hydrogens is 342 g/mol. The summed E-state index contributed by atoms with van der Waals surface area (Å²) in [6.45, 7) is 4.17. The third-order valence-corrected chi connectivity index (χ3v) is 5.52. The molecule has 0 bridgehead atoms. The number of aromatic nitrogens is 5. The van der Waals surface area contributed by atoms with Crippen LogP contribution in [-0.2, 0) is 0 Å². The van der Waals surface area contributed by atoms with Gasteiger partial charge in [0.15, 0.2) is 0 Å². The number of aromatic hydroxyl groups is 1. The molecule has 0 radical (unpaired) electrons. The van der Waals surface area contributed by atoms with Crippen LogP contribution in [0.25, 0.3) is 22.4 Å². The fourth-order valence-electron chi connectivity index (χ4n) is 4.05. The van der Waals surface area contributed by atoms with Crippen LogP contribution in [0.4, 0.5) is 5.95 Å². The summed E-state index contributed by atoms with van der Waals surface area (Å²) in [6.07, 6.45) is 7.73. The summed E-state index contributed by atoms with van der Waals surface area (Å²) >= 11 is 0. The van der Waals surface area contributed by atoms with Crippen molar-refractivity contribution in [2.45, 2.75) is 18.9 Å². The van der Waals surface area contributed by atoms with Crippen molar-refractivity contribution in [2.75, 3.05) is 31.1 Å². The Morgan fingerprint density at radius 3 is 2.81 bits per heavy atom. The van der Waals surface area contributed by atoms with Crippen molar-refractivity contribution in [3.8, 4) is 28.1 Å². The van der Waals surface area contributed by atoms with Gasteiger partial charge in [0.1, 0.15) is 11.4 Å². The molecule has 2 aliphatic heterocycles. The molecule has 8 heteroatoms. The summed E-state index contributed by atoms with van der Waals surface area (Å²) in [5.74, 6) is 0.817. The lowest BCUT2D eigenvalue weighted by molar-refractivity contribution is 0.229. The molecule has 0 amide bonds. The lowest BCUT2D eigenvalue weighted by Crippen LogP contribution is -2.50. The molecule has 4 heterocycles. The molecule has 8 nitrogen and oxygen atoms in total. The van der Waals surface area contributed by atoms with E-state index in [-0.39, 0.29) is 5.75 Å². The van der Waals surface area contributed by atoms with E-state index in [2.05, 4.69) is 35.2 Å². The molecule has 2 aromatic heterocycles. The van der Waals surface area contributed by atoms with Gasteiger partial charge < -0.3 is 10.0 Å². The number of anilines is 1. The lowest BCUT2D eigenvalue weighted by Gasteiger charge is -2.37. The Kier molecular flexibility index (Phi) is 3.97. The molecule has 2 N–H and O–H groups in total. The Balaban J connectivity index is 1.36. The van der Waals surface area contributed by atoms with Crippen molar-refractivity contribution >= 4 is 5.95 Å². The normalized spacial score (nSPS) is 20.0. The standard InChI is InChI=1S/C19H21N7O/c27-18-8-13(14-9-21-22-10-14)3-4-16(18)17-11-20-19(24-23-17)26-7-6-25-5-1-2-15(25)12-26/h3-4,8-11,15,27H,1-2,5-7,12H2,(H,21,22). The minimum absolute atomic E-state index is 0.150. The van der Waals surface area contributed by atoms with Crippen LogP contribution < -0.4 is 4.90 Å². The zero-order chi connectivity index (χ0) is 18.2. The van der Waals surface area contributed by atoms with E-state index in [1.54, 1.807) is 24.7 Å². The molecule has 0 spiro atoms. The van der Waals surface area contributed by atoms with Gasteiger partial charge in [-0.3, -0.25) is 10.00 Å². The number of phenolic OH excluding ortho intramolecular Hbond substituents is 1. The molecule has 2 aliphatic rings. The van der Waals surface area contributed by atoms with Gasteiger partial charge in [-0.05, 0) is 37.1 Å². The first kappa shape index (κ1) is 16.2. The molecule has 2 fully saturated rings. The van der Waals surface area contributed by atoms with E-state index in [4.69, 9.17) is 0 Å². The van der Waals surface area contributed by atoms with Crippen LogP contribution >= 0.6 is 0 Å². The molecule has 27 heavy (non-hydrogen) atoms. The second-order valence-electron chi connectivity index (χ2n) is 7.14. The third-order valence-electron chi connectivity index (χ3n) is 5.52. The Labute approximate surface area is 156 Å². The SMILES string of the molecule is Oc1cc(-c2cn[nH]c2)ccc1-c1cnc(N2CCN3CCCC3C2)nn1. The number of rotatable bonds is 3. The number of benzene rings is 1. The van der Waals surface area contributed by atoms with Crippen molar-refractivity contribution in [1.82, 2.24) is 30.3 Å². The Hall–Kier alpha value is -3.00. The summed E-state index contributed by atoms with van der Waals surface area (Å²) in [7, 11) is 0. The van der Waals surface area contributed by atoms with Crippen LogP contribution in [0.2, 0.25) is 0 Å². The molecule has 0 aliphatic carbocycles. The maximum Gasteiger partial charge on any atom is 0.245 e. The predicted octanol–water partition coefficient (Wildman–Crippen LogP) is 1.92. The summed E-state index contributed by atoms with van der Waals surface area (Å²) in [4.78, 5) is 9.28. The summed E-state index contributed by atoms with van der Waals surface area (Å²) < 4.78 is 0. The molecule has 1 aromatic carbocycles. The van der Waals surface area contributed by atoms with Crippen LogP contribution in [0.1, 0.15) is 12.8 Å². The lowest BCUT2D eigenvalue weighted by atomic mass is 10.0. The summed E-state index contributed by atoms with van der Waals surface area (Å²) in [5.41, 5.74) is 2.99. The molecule has 138 valence electrons. The zero-order valence-corrected chi connectivity index (χ0v) is 14.9. The molecule has 0 saturated carbocycles. The number of phenols is 1. The largest absolute Gasteiger partial charge is 0.507 e. The Morgan fingerprint density at radius 1 is 1.07 bits per heavy atom. The predicted molar refractivity (Wildman–Crippen MR) is 101 cm³/mol. The highest BCUT2D eigenvalue weighted by molar-refractivity contribution is 5.73. The first-order valence-corrected chi connectivity index (χ1v) is 9.29. The first-order valence-electron chi connectivity index (χ1n) is 9.29. The van der Waals surface area contributed by atoms with Gasteiger partial charge in [0.25, 0.3) is 0 Å². The maximum absolute atomic E-state index is 10.4. The highest BCUT2D eigenvalue weighted by Crippen LogP contribution is 2.32. The first-order chi connectivity index (χ1) is 13.3. The Bertz CT molecular complexity index is 926. The number of hydrogen-bond acceptors (Lipinski definition) is 7. The quantitative estimate of drug-likeness (QED) is 0.734. The van der Waals surface area contributed by atoms with Gasteiger partial charge in [-0.15, -0.1) is 10.2 Å². The monoisotopic (exact) mass is 363 g/mol. The minimum Gasteiger partial charge on any atom is -0.507 e.